The number of carbonyl (C=O) groups is 2. The molecule has 0 aliphatic carbocycles. The SMILES string of the molecule is Cc1cccc(C(=O)NC(C)c2nc3ccccc3n2CCC(=O)N2CCCCCC2)c1. The second-order valence-electron chi connectivity index (χ2n) is 8.72. The maximum absolute atomic E-state index is 12.9. The number of hydrogen-bond acceptors (Lipinski definition) is 3. The summed E-state index contributed by atoms with van der Waals surface area (Å²) in [7, 11) is 0. The number of aryl methyl sites for hydroxylation is 2. The van der Waals surface area contributed by atoms with Crippen molar-refractivity contribution >= 4 is 22.8 Å². The monoisotopic (exact) mass is 432 g/mol. The summed E-state index contributed by atoms with van der Waals surface area (Å²) in [6.07, 6.45) is 5.03. The Kier molecular flexibility index (Phi) is 6.88. The van der Waals surface area contributed by atoms with E-state index >= 15 is 0 Å². The molecular formula is C26H32N4O2. The van der Waals surface area contributed by atoms with Gasteiger partial charge in [0.05, 0.1) is 17.1 Å². The Balaban J connectivity index is 1.53. The van der Waals surface area contributed by atoms with Gasteiger partial charge >= 0.3 is 0 Å². The molecule has 2 heterocycles. The summed E-state index contributed by atoms with van der Waals surface area (Å²) in [5, 5.41) is 3.08. The summed E-state index contributed by atoms with van der Waals surface area (Å²) in [4.78, 5) is 32.5. The van der Waals surface area contributed by atoms with E-state index in [0.717, 1.165) is 48.4 Å². The molecule has 168 valence electrons. The number of nitrogens with one attached hydrogen (secondary N) is 1. The van der Waals surface area contributed by atoms with Crippen molar-refractivity contribution in [3.8, 4) is 0 Å². The van der Waals surface area contributed by atoms with E-state index in [2.05, 4.69) is 9.88 Å². The fraction of sp³-hybridized carbons (Fsp3) is 0.423. The first kappa shape index (κ1) is 22.1. The third-order valence-corrected chi connectivity index (χ3v) is 6.21. The number of imidazole rings is 1. The van der Waals surface area contributed by atoms with Gasteiger partial charge in [0.1, 0.15) is 5.82 Å². The molecule has 6 nitrogen and oxygen atoms in total. The molecule has 1 aliphatic heterocycles. The first-order valence-electron chi connectivity index (χ1n) is 11.6. The van der Waals surface area contributed by atoms with Gasteiger partial charge in [0, 0.05) is 31.6 Å². The Morgan fingerprint density at radius 2 is 1.78 bits per heavy atom. The molecule has 1 aliphatic rings. The fourth-order valence-electron chi connectivity index (χ4n) is 4.48. The molecule has 2 aromatic carbocycles. The Labute approximate surface area is 189 Å². The van der Waals surface area contributed by atoms with Crippen molar-refractivity contribution < 1.29 is 9.59 Å². The maximum Gasteiger partial charge on any atom is 0.251 e. The topological polar surface area (TPSA) is 67.2 Å². The number of likely N-dealkylation sites (tertiary alicyclic amines) is 1. The van der Waals surface area contributed by atoms with E-state index in [9.17, 15) is 9.59 Å². The van der Waals surface area contributed by atoms with E-state index in [4.69, 9.17) is 4.98 Å². The summed E-state index contributed by atoms with van der Waals surface area (Å²) < 4.78 is 2.09. The van der Waals surface area contributed by atoms with Gasteiger partial charge < -0.3 is 14.8 Å². The van der Waals surface area contributed by atoms with Gasteiger partial charge in [0.15, 0.2) is 0 Å². The van der Waals surface area contributed by atoms with Gasteiger partial charge in [-0.2, -0.15) is 0 Å². The average Bonchev–Trinajstić information content (AvgIpc) is 2.95. The lowest BCUT2D eigenvalue weighted by Crippen LogP contribution is -2.33. The number of fused-ring (bicyclic) bond motifs is 1. The summed E-state index contributed by atoms with van der Waals surface area (Å²) >= 11 is 0. The largest absolute Gasteiger partial charge is 0.343 e. The van der Waals surface area contributed by atoms with Crippen LogP contribution < -0.4 is 5.32 Å². The number of nitrogens with zero attached hydrogens (tertiary/aromatic N) is 3. The van der Waals surface area contributed by atoms with Crippen molar-refractivity contribution in [3.05, 3.63) is 65.5 Å². The van der Waals surface area contributed by atoms with Crippen molar-refractivity contribution in [2.24, 2.45) is 0 Å². The van der Waals surface area contributed by atoms with Crippen LogP contribution in [0.25, 0.3) is 11.0 Å². The summed E-state index contributed by atoms with van der Waals surface area (Å²) in [5.41, 5.74) is 3.55. The maximum atomic E-state index is 12.9. The van der Waals surface area contributed by atoms with Crippen LogP contribution in [0.2, 0.25) is 0 Å². The molecule has 1 fully saturated rings. The van der Waals surface area contributed by atoms with Crippen LogP contribution >= 0.6 is 0 Å². The van der Waals surface area contributed by atoms with Crippen LogP contribution in [0, 0.1) is 6.92 Å². The Bertz CT molecular complexity index is 1100. The van der Waals surface area contributed by atoms with Crippen molar-refractivity contribution in [3.63, 3.8) is 0 Å². The molecule has 0 radical (unpaired) electrons. The molecule has 3 aromatic rings. The highest BCUT2D eigenvalue weighted by Gasteiger charge is 2.21. The predicted octanol–water partition coefficient (Wildman–Crippen LogP) is 4.63. The van der Waals surface area contributed by atoms with Gasteiger partial charge in [-0.25, -0.2) is 4.98 Å². The number of carbonyl (C=O) groups excluding carboxylic acids is 2. The second kappa shape index (κ2) is 9.98. The molecule has 6 heteroatoms. The van der Waals surface area contributed by atoms with E-state index in [1.807, 2.05) is 67.3 Å². The number of amides is 2. The van der Waals surface area contributed by atoms with Gasteiger partial charge in [0.2, 0.25) is 5.91 Å². The molecule has 0 bridgehead atoms. The first-order valence-corrected chi connectivity index (χ1v) is 11.6. The van der Waals surface area contributed by atoms with E-state index < -0.39 is 0 Å². The van der Waals surface area contributed by atoms with Crippen molar-refractivity contribution in [2.45, 2.75) is 58.5 Å². The molecule has 1 N–H and O–H groups in total. The van der Waals surface area contributed by atoms with Crippen molar-refractivity contribution in [1.82, 2.24) is 19.8 Å². The lowest BCUT2D eigenvalue weighted by molar-refractivity contribution is -0.131. The highest BCUT2D eigenvalue weighted by molar-refractivity contribution is 5.94. The van der Waals surface area contributed by atoms with Gasteiger partial charge in [-0.3, -0.25) is 9.59 Å². The molecule has 0 saturated carbocycles. The molecule has 4 rings (SSSR count). The van der Waals surface area contributed by atoms with E-state index in [1.165, 1.54) is 12.8 Å². The minimum absolute atomic E-state index is 0.125. The zero-order chi connectivity index (χ0) is 22.5. The summed E-state index contributed by atoms with van der Waals surface area (Å²) in [6, 6.07) is 15.2. The van der Waals surface area contributed by atoms with Crippen molar-refractivity contribution in [2.75, 3.05) is 13.1 Å². The minimum atomic E-state index is -0.288. The molecule has 0 spiro atoms. The molecular weight excluding hydrogens is 400 g/mol. The Hall–Kier alpha value is -3.15. The van der Waals surface area contributed by atoms with Gasteiger partial charge in [0.25, 0.3) is 5.91 Å². The highest BCUT2D eigenvalue weighted by Crippen LogP contribution is 2.22. The number of para-hydroxylation sites is 2. The average molecular weight is 433 g/mol. The first-order chi connectivity index (χ1) is 15.5. The zero-order valence-electron chi connectivity index (χ0n) is 19.0. The highest BCUT2D eigenvalue weighted by atomic mass is 16.2. The normalized spacial score (nSPS) is 15.4. The lowest BCUT2D eigenvalue weighted by atomic mass is 10.1. The van der Waals surface area contributed by atoms with Crippen LogP contribution in [0.4, 0.5) is 0 Å². The van der Waals surface area contributed by atoms with Gasteiger partial charge in [-0.1, -0.05) is 42.7 Å². The van der Waals surface area contributed by atoms with Crippen LogP contribution in [0.1, 0.15) is 66.8 Å². The van der Waals surface area contributed by atoms with Crippen LogP contribution in [0.15, 0.2) is 48.5 Å². The minimum Gasteiger partial charge on any atom is -0.343 e. The predicted molar refractivity (Wildman–Crippen MR) is 126 cm³/mol. The Morgan fingerprint density at radius 3 is 2.53 bits per heavy atom. The molecule has 32 heavy (non-hydrogen) atoms. The second-order valence-corrected chi connectivity index (χ2v) is 8.72. The van der Waals surface area contributed by atoms with Crippen LogP contribution in [0.3, 0.4) is 0 Å². The molecule has 2 amide bonds. The number of benzene rings is 2. The molecule has 1 aromatic heterocycles. The van der Waals surface area contributed by atoms with E-state index in [-0.39, 0.29) is 17.9 Å². The Morgan fingerprint density at radius 1 is 1.03 bits per heavy atom. The number of rotatable bonds is 6. The van der Waals surface area contributed by atoms with Crippen LogP contribution in [-0.4, -0.2) is 39.4 Å². The molecule has 1 atom stereocenters. The fourth-order valence-corrected chi connectivity index (χ4v) is 4.48. The quantitative estimate of drug-likeness (QED) is 0.618. The summed E-state index contributed by atoms with van der Waals surface area (Å²) in [5.74, 6) is 0.850. The van der Waals surface area contributed by atoms with Crippen LogP contribution in [-0.2, 0) is 11.3 Å². The standard InChI is InChI=1S/C26H32N4O2/c1-19-10-9-11-21(18-19)26(32)27-20(2)25-28-22-12-5-6-13-23(22)30(25)17-14-24(31)29-15-7-3-4-8-16-29/h5-6,9-13,18,20H,3-4,7-8,14-17H2,1-2H3,(H,27,32). The van der Waals surface area contributed by atoms with Gasteiger partial charge in [-0.05, 0) is 51.0 Å². The number of hydrogen-bond donors (Lipinski definition) is 1. The third-order valence-electron chi connectivity index (χ3n) is 6.21. The van der Waals surface area contributed by atoms with Gasteiger partial charge in [-0.15, -0.1) is 0 Å². The van der Waals surface area contributed by atoms with E-state index in [1.54, 1.807) is 0 Å². The summed E-state index contributed by atoms with van der Waals surface area (Å²) in [6.45, 7) is 6.19. The zero-order valence-corrected chi connectivity index (χ0v) is 19.0. The smallest absolute Gasteiger partial charge is 0.251 e. The third kappa shape index (κ3) is 5.01. The van der Waals surface area contributed by atoms with Crippen molar-refractivity contribution in [1.29, 1.82) is 0 Å². The molecule has 1 saturated heterocycles. The molecule has 1 unspecified atom stereocenters. The lowest BCUT2D eigenvalue weighted by Gasteiger charge is -2.21. The van der Waals surface area contributed by atoms with E-state index in [0.29, 0.717) is 18.5 Å². The van der Waals surface area contributed by atoms with Crippen LogP contribution in [0.5, 0.6) is 0 Å². The number of aromatic nitrogens is 2.